The van der Waals surface area contributed by atoms with Crippen molar-refractivity contribution in [1.29, 1.82) is 0 Å². The fourth-order valence-electron chi connectivity index (χ4n) is 1.64. The summed E-state index contributed by atoms with van der Waals surface area (Å²) in [5, 5.41) is 0.419. The second-order valence-electron chi connectivity index (χ2n) is 3.71. The molecular weight excluding hydrogens is 276 g/mol. The molecule has 1 aromatic rings. The maximum Gasteiger partial charge on any atom is 0.351 e. The van der Waals surface area contributed by atoms with Gasteiger partial charge in [-0.25, -0.2) is 9.59 Å². The van der Waals surface area contributed by atoms with Crippen molar-refractivity contribution in [1.82, 2.24) is 0 Å². The Bertz CT molecular complexity index is 515. The van der Waals surface area contributed by atoms with Crippen molar-refractivity contribution in [3.63, 3.8) is 0 Å². The van der Waals surface area contributed by atoms with E-state index in [1.807, 2.05) is 0 Å². The van der Waals surface area contributed by atoms with E-state index in [0.717, 1.165) is 0 Å². The van der Waals surface area contributed by atoms with E-state index in [9.17, 15) is 9.59 Å². The molecular formula is C12H11ClO6. The van der Waals surface area contributed by atoms with Gasteiger partial charge in [0.25, 0.3) is 0 Å². The molecule has 2 rings (SSSR count). The topological polar surface area (TPSA) is 71.1 Å². The molecule has 0 fully saturated rings. The third-order valence-corrected chi connectivity index (χ3v) is 2.79. The lowest BCUT2D eigenvalue weighted by atomic mass is 10.1. The molecule has 2 atom stereocenters. The standard InChI is InChI=1S/C12H11ClO6/c1-16-11(14)9-10(12(15)17-2)19-8-5-6(13)3-4-7(8)18-9/h3-5,9-10H,1-2H3. The molecule has 1 aliphatic rings. The molecule has 0 saturated heterocycles. The minimum atomic E-state index is -1.23. The van der Waals surface area contributed by atoms with Crippen molar-refractivity contribution in [2.24, 2.45) is 0 Å². The SMILES string of the molecule is COC(=O)C1Oc2ccc(Cl)cc2OC1C(=O)OC. The van der Waals surface area contributed by atoms with Gasteiger partial charge in [0.05, 0.1) is 14.2 Å². The predicted octanol–water partition coefficient (Wildman–Crippen LogP) is 1.19. The number of methoxy groups -OCH3 is 2. The highest BCUT2D eigenvalue weighted by Gasteiger charge is 2.43. The van der Waals surface area contributed by atoms with E-state index in [0.29, 0.717) is 10.8 Å². The average Bonchev–Trinajstić information content (AvgIpc) is 2.44. The number of fused-ring (bicyclic) bond motifs is 1. The van der Waals surface area contributed by atoms with E-state index in [1.165, 1.54) is 20.3 Å². The van der Waals surface area contributed by atoms with Gasteiger partial charge in [-0.15, -0.1) is 0 Å². The predicted molar refractivity (Wildman–Crippen MR) is 64.3 cm³/mol. The van der Waals surface area contributed by atoms with Gasteiger partial charge in [0, 0.05) is 11.1 Å². The largest absolute Gasteiger partial charge is 0.470 e. The lowest BCUT2D eigenvalue weighted by Gasteiger charge is -2.30. The first-order chi connectivity index (χ1) is 9.06. The van der Waals surface area contributed by atoms with Crippen molar-refractivity contribution in [3.8, 4) is 11.5 Å². The fourth-order valence-corrected chi connectivity index (χ4v) is 1.81. The summed E-state index contributed by atoms with van der Waals surface area (Å²) in [4.78, 5) is 23.2. The van der Waals surface area contributed by atoms with E-state index in [1.54, 1.807) is 12.1 Å². The average molecular weight is 287 g/mol. The molecule has 102 valence electrons. The van der Waals surface area contributed by atoms with Gasteiger partial charge in [0.1, 0.15) is 0 Å². The first-order valence-corrected chi connectivity index (χ1v) is 5.73. The zero-order valence-electron chi connectivity index (χ0n) is 10.2. The molecule has 7 heteroatoms. The molecule has 0 saturated carbocycles. The van der Waals surface area contributed by atoms with Crippen molar-refractivity contribution in [2.75, 3.05) is 14.2 Å². The van der Waals surface area contributed by atoms with Crippen LogP contribution in [-0.2, 0) is 19.1 Å². The van der Waals surface area contributed by atoms with Crippen LogP contribution in [0.15, 0.2) is 18.2 Å². The Kier molecular flexibility index (Phi) is 3.80. The minimum absolute atomic E-state index is 0.267. The van der Waals surface area contributed by atoms with Crippen LogP contribution in [0.1, 0.15) is 0 Å². The van der Waals surface area contributed by atoms with Gasteiger partial charge in [-0.2, -0.15) is 0 Å². The van der Waals surface area contributed by atoms with E-state index in [2.05, 4.69) is 9.47 Å². The van der Waals surface area contributed by atoms with E-state index >= 15 is 0 Å². The zero-order valence-corrected chi connectivity index (χ0v) is 11.0. The molecule has 0 bridgehead atoms. The van der Waals surface area contributed by atoms with Gasteiger partial charge in [0.15, 0.2) is 11.5 Å². The van der Waals surface area contributed by atoms with Gasteiger partial charge >= 0.3 is 11.9 Å². The van der Waals surface area contributed by atoms with Crippen LogP contribution in [0, 0.1) is 0 Å². The highest BCUT2D eigenvalue weighted by molar-refractivity contribution is 6.30. The van der Waals surface area contributed by atoms with Gasteiger partial charge < -0.3 is 18.9 Å². The molecule has 0 spiro atoms. The third kappa shape index (κ3) is 2.58. The number of ether oxygens (including phenoxy) is 4. The van der Waals surface area contributed by atoms with Crippen molar-refractivity contribution >= 4 is 23.5 Å². The third-order valence-electron chi connectivity index (χ3n) is 2.56. The number of carbonyl (C=O) groups is 2. The number of halogens is 1. The van der Waals surface area contributed by atoms with E-state index in [-0.39, 0.29) is 5.75 Å². The van der Waals surface area contributed by atoms with Crippen LogP contribution in [-0.4, -0.2) is 38.4 Å². The van der Waals surface area contributed by atoms with Crippen molar-refractivity contribution in [3.05, 3.63) is 23.2 Å². The molecule has 6 nitrogen and oxygen atoms in total. The molecule has 0 aliphatic carbocycles. The first kappa shape index (κ1) is 13.5. The summed E-state index contributed by atoms with van der Waals surface area (Å²) < 4.78 is 20.0. The molecule has 1 aliphatic heterocycles. The van der Waals surface area contributed by atoms with Crippen LogP contribution in [0.2, 0.25) is 5.02 Å². The lowest BCUT2D eigenvalue weighted by molar-refractivity contribution is -0.168. The maximum atomic E-state index is 11.6. The van der Waals surface area contributed by atoms with Gasteiger partial charge in [-0.3, -0.25) is 0 Å². The summed E-state index contributed by atoms with van der Waals surface area (Å²) >= 11 is 5.82. The second kappa shape index (κ2) is 5.36. The highest BCUT2D eigenvalue weighted by Crippen LogP contribution is 2.36. The molecule has 0 amide bonds. The van der Waals surface area contributed by atoms with Crippen LogP contribution in [0.5, 0.6) is 11.5 Å². The van der Waals surface area contributed by atoms with Crippen LogP contribution >= 0.6 is 11.6 Å². The molecule has 0 N–H and O–H groups in total. The molecule has 2 unspecified atom stereocenters. The van der Waals surface area contributed by atoms with Crippen LogP contribution < -0.4 is 9.47 Å². The van der Waals surface area contributed by atoms with Crippen molar-refractivity contribution < 1.29 is 28.5 Å². The van der Waals surface area contributed by atoms with Crippen LogP contribution in [0.25, 0.3) is 0 Å². The van der Waals surface area contributed by atoms with Crippen molar-refractivity contribution in [2.45, 2.75) is 12.2 Å². The first-order valence-electron chi connectivity index (χ1n) is 5.35. The summed E-state index contributed by atoms with van der Waals surface area (Å²) in [6, 6.07) is 4.61. The van der Waals surface area contributed by atoms with Crippen LogP contribution in [0.3, 0.4) is 0 Å². The number of esters is 2. The van der Waals surface area contributed by atoms with E-state index in [4.69, 9.17) is 21.1 Å². The van der Waals surface area contributed by atoms with Gasteiger partial charge in [-0.05, 0) is 12.1 Å². The highest BCUT2D eigenvalue weighted by atomic mass is 35.5. The summed E-state index contributed by atoms with van der Waals surface area (Å²) in [6.07, 6.45) is -2.45. The number of hydrogen-bond acceptors (Lipinski definition) is 6. The fraction of sp³-hybridized carbons (Fsp3) is 0.333. The quantitative estimate of drug-likeness (QED) is 0.761. The summed E-state index contributed by atoms with van der Waals surface area (Å²) in [7, 11) is 2.38. The zero-order chi connectivity index (χ0) is 14.0. The molecule has 1 heterocycles. The number of benzene rings is 1. The smallest absolute Gasteiger partial charge is 0.351 e. The second-order valence-corrected chi connectivity index (χ2v) is 4.15. The Morgan fingerprint density at radius 2 is 1.58 bits per heavy atom. The summed E-state index contributed by atoms with van der Waals surface area (Å²) in [6.45, 7) is 0. The minimum Gasteiger partial charge on any atom is -0.470 e. The Labute approximate surface area is 114 Å². The monoisotopic (exact) mass is 286 g/mol. The molecule has 0 aromatic heterocycles. The Hall–Kier alpha value is -1.95. The lowest BCUT2D eigenvalue weighted by Crippen LogP contribution is -2.50. The van der Waals surface area contributed by atoms with Gasteiger partial charge in [-0.1, -0.05) is 11.6 Å². The molecule has 0 radical (unpaired) electrons. The molecule has 19 heavy (non-hydrogen) atoms. The number of rotatable bonds is 2. The Morgan fingerprint density at radius 3 is 2.11 bits per heavy atom. The Balaban J connectivity index is 2.36. The molecule has 1 aromatic carbocycles. The Morgan fingerprint density at radius 1 is 1.05 bits per heavy atom. The van der Waals surface area contributed by atoms with Crippen LogP contribution in [0.4, 0.5) is 0 Å². The summed E-state index contributed by atoms with van der Waals surface area (Å²) in [5.74, 6) is -0.889. The maximum absolute atomic E-state index is 11.6. The summed E-state index contributed by atoms with van der Waals surface area (Å²) in [5.41, 5.74) is 0. The number of carbonyl (C=O) groups excluding carboxylic acids is 2. The number of hydrogen-bond donors (Lipinski definition) is 0. The van der Waals surface area contributed by atoms with E-state index < -0.39 is 24.1 Å². The normalized spacial score (nSPS) is 20.6. The van der Waals surface area contributed by atoms with Gasteiger partial charge in [0.2, 0.25) is 12.2 Å².